The van der Waals surface area contributed by atoms with Gasteiger partial charge < -0.3 is 15.2 Å². The first-order valence-electron chi connectivity index (χ1n) is 7.00. The van der Waals surface area contributed by atoms with Crippen molar-refractivity contribution in [1.82, 2.24) is 10.1 Å². The Labute approximate surface area is 118 Å². The first kappa shape index (κ1) is 13.1. The molecule has 0 bridgehead atoms. The summed E-state index contributed by atoms with van der Waals surface area (Å²) in [5.74, 6) is 1.40. The molecule has 106 valence electrons. The number of nitrogens with zero attached hydrogens (tertiary/aromatic N) is 3. The van der Waals surface area contributed by atoms with Crippen LogP contribution in [0.4, 0.5) is 5.69 Å². The second-order valence-electron chi connectivity index (χ2n) is 5.74. The van der Waals surface area contributed by atoms with Crippen molar-refractivity contribution in [1.29, 1.82) is 0 Å². The molecule has 20 heavy (non-hydrogen) atoms. The molecule has 1 aliphatic rings. The van der Waals surface area contributed by atoms with E-state index in [9.17, 15) is 0 Å². The molecule has 1 aromatic heterocycles. The third kappa shape index (κ3) is 2.18. The zero-order chi connectivity index (χ0) is 14.3. The van der Waals surface area contributed by atoms with Crippen LogP contribution in [0.2, 0.25) is 0 Å². The summed E-state index contributed by atoms with van der Waals surface area (Å²) < 4.78 is 5.29. The molecule has 5 heteroatoms. The van der Waals surface area contributed by atoms with Gasteiger partial charge in [0, 0.05) is 24.8 Å². The summed E-state index contributed by atoms with van der Waals surface area (Å²) in [6.45, 7) is 5.15. The lowest BCUT2D eigenvalue weighted by Crippen LogP contribution is -2.16. The van der Waals surface area contributed by atoms with Crippen molar-refractivity contribution >= 4 is 5.69 Å². The molecule has 3 rings (SSSR count). The molecule has 1 atom stereocenters. The number of likely N-dealkylation sites (N-methyl/N-ethyl adjacent to an activating group) is 1. The Morgan fingerprint density at radius 3 is 2.90 bits per heavy atom. The van der Waals surface area contributed by atoms with Crippen LogP contribution < -0.4 is 10.6 Å². The largest absolute Gasteiger partial charge is 0.374 e. The number of nitrogens with two attached hydrogens (primary N) is 1. The molecule has 0 amide bonds. The Hall–Kier alpha value is -1.88. The molecule has 0 saturated carbocycles. The van der Waals surface area contributed by atoms with Crippen LogP contribution >= 0.6 is 0 Å². The Morgan fingerprint density at radius 1 is 1.35 bits per heavy atom. The molecule has 0 spiro atoms. The van der Waals surface area contributed by atoms with Crippen LogP contribution in [0.15, 0.2) is 22.7 Å². The highest BCUT2D eigenvalue weighted by Crippen LogP contribution is 2.30. The van der Waals surface area contributed by atoms with Gasteiger partial charge in [-0.15, -0.1) is 0 Å². The van der Waals surface area contributed by atoms with E-state index in [1.807, 2.05) is 19.9 Å². The van der Waals surface area contributed by atoms with Crippen molar-refractivity contribution in [2.24, 2.45) is 11.7 Å². The fourth-order valence-corrected chi connectivity index (χ4v) is 2.48. The molecular weight excluding hydrogens is 252 g/mol. The van der Waals surface area contributed by atoms with Crippen molar-refractivity contribution in [2.75, 3.05) is 18.5 Å². The van der Waals surface area contributed by atoms with E-state index < -0.39 is 0 Å². The maximum Gasteiger partial charge on any atom is 0.244 e. The summed E-state index contributed by atoms with van der Waals surface area (Å²) in [5.41, 5.74) is 9.65. The molecule has 2 N–H and O–H groups in total. The van der Waals surface area contributed by atoms with Crippen LogP contribution in [0.1, 0.15) is 31.3 Å². The molecule has 0 radical (unpaired) electrons. The molecular formula is C15H20N4O. The Bertz CT molecular complexity index is 620. The third-order valence-electron chi connectivity index (χ3n) is 3.91. The third-order valence-corrected chi connectivity index (χ3v) is 3.91. The lowest BCUT2D eigenvalue weighted by atomic mass is 10.1. The summed E-state index contributed by atoms with van der Waals surface area (Å²) in [4.78, 5) is 6.69. The van der Waals surface area contributed by atoms with E-state index in [-0.39, 0.29) is 12.0 Å². The number of aromatic nitrogens is 2. The second-order valence-corrected chi connectivity index (χ2v) is 5.74. The van der Waals surface area contributed by atoms with Gasteiger partial charge in [0.25, 0.3) is 0 Å². The first-order chi connectivity index (χ1) is 9.56. The number of hydrogen-bond donors (Lipinski definition) is 1. The highest BCUT2D eigenvalue weighted by atomic mass is 16.5. The maximum atomic E-state index is 6.03. The van der Waals surface area contributed by atoms with E-state index in [1.165, 1.54) is 11.3 Å². The van der Waals surface area contributed by atoms with E-state index in [0.717, 1.165) is 18.5 Å². The fourth-order valence-electron chi connectivity index (χ4n) is 2.48. The van der Waals surface area contributed by atoms with Gasteiger partial charge in [-0.05, 0) is 36.1 Å². The molecule has 1 aliphatic heterocycles. The predicted octanol–water partition coefficient (Wildman–Crippen LogP) is 2.38. The Kier molecular flexibility index (Phi) is 3.22. The van der Waals surface area contributed by atoms with E-state index in [0.29, 0.717) is 11.7 Å². The van der Waals surface area contributed by atoms with Crippen LogP contribution in [0.5, 0.6) is 0 Å². The summed E-state index contributed by atoms with van der Waals surface area (Å²) in [7, 11) is 2.11. The normalized spacial score (nSPS) is 15.8. The molecule has 0 aliphatic carbocycles. The maximum absolute atomic E-state index is 6.03. The first-order valence-corrected chi connectivity index (χ1v) is 7.00. The predicted molar refractivity (Wildman–Crippen MR) is 78.5 cm³/mol. The second kappa shape index (κ2) is 4.90. The van der Waals surface area contributed by atoms with Gasteiger partial charge >= 0.3 is 0 Å². The number of fused-ring (bicyclic) bond motifs is 1. The van der Waals surface area contributed by atoms with Crippen LogP contribution in [-0.2, 0) is 6.42 Å². The number of rotatable bonds is 3. The Morgan fingerprint density at radius 2 is 2.15 bits per heavy atom. The van der Waals surface area contributed by atoms with Crippen LogP contribution in [-0.4, -0.2) is 23.7 Å². The fraction of sp³-hybridized carbons (Fsp3) is 0.467. The van der Waals surface area contributed by atoms with E-state index >= 15 is 0 Å². The van der Waals surface area contributed by atoms with Crippen molar-refractivity contribution in [2.45, 2.75) is 26.3 Å². The standard InChI is InChI=1S/C15H20N4O/c1-9(2)13(16)15-17-14(18-20-15)11-4-5-12-10(8-11)6-7-19(12)3/h4-5,8-9,13H,6-7,16H2,1-3H3. The molecule has 2 heterocycles. The van der Waals surface area contributed by atoms with Gasteiger partial charge in [0.1, 0.15) is 0 Å². The van der Waals surface area contributed by atoms with Crippen molar-refractivity contribution < 1.29 is 4.52 Å². The summed E-state index contributed by atoms with van der Waals surface area (Å²) in [6.07, 6.45) is 1.07. The molecule has 1 aromatic carbocycles. The minimum Gasteiger partial charge on any atom is -0.374 e. The van der Waals surface area contributed by atoms with Crippen molar-refractivity contribution in [3.05, 3.63) is 29.7 Å². The topological polar surface area (TPSA) is 68.2 Å². The van der Waals surface area contributed by atoms with Crippen molar-refractivity contribution in [3.8, 4) is 11.4 Å². The highest BCUT2D eigenvalue weighted by Gasteiger charge is 2.20. The number of hydrogen-bond acceptors (Lipinski definition) is 5. The highest BCUT2D eigenvalue weighted by molar-refractivity contribution is 5.66. The molecule has 0 saturated heterocycles. The van der Waals surface area contributed by atoms with Crippen LogP contribution in [0.25, 0.3) is 11.4 Å². The van der Waals surface area contributed by atoms with Gasteiger partial charge in [0.2, 0.25) is 11.7 Å². The average molecular weight is 272 g/mol. The summed E-state index contributed by atoms with van der Waals surface area (Å²) >= 11 is 0. The van der Waals surface area contributed by atoms with Gasteiger partial charge in [-0.3, -0.25) is 0 Å². The van der Waals surface area contributed by atoms with E-state index in [1.54, 1.807) is 0 Å². The minimum absolute atomic E-state index is 0.211. The van der Waals surface area contributed by atoms with Crippen LogP contribution in [0.3, 0.4) is 0 Å². The Balaban J connectivity index is 1.91. The zero-order valence-electron chi connectivity index (χ0n) is 12.1. The molecule has 0 fully saturated rings. The summed E-state index contributed by atoms with van der Waals surface area (Å²) in [6, 6.07) is 6.09. The SMILES string of the molecule is CC(C)C(N)c1nc(-c2ccc3c(c2)CCN3C)no1. The molecule has 2 aromatic rings. The summed E-state index contributed by atoms with van der Waals surface area (Å²) in [5, 5.41) is 4.05. The van der Waals surface area contributed by atoms with Gasteiger partial charge in [-0.25, -0.2) is 0 Å². The van der Waals surface area contributed by atoms with Gasteiger partial charge in [0.15, 0.2) is 0 Å². The quantitative estimate of drug-likeness (QED) is 0.929. The average Bonchev–Trinajstić information content (AvgIpc) is 3.05. The van der Waals surface area contributed by atoms with Gasteiger partial charge in [-0.2, -0.15) is 4.98 Å². The van der Waals surface area contributed by atoms with Gasteiger partial charge in [-0.1, -0.05) is 19.0 Å². The number of anilines is 1. The lowest BCUT2D eigenvalue weighted by Gasteiger charge is -2.11. The van der Waals surface area contributed by atoms with Gasteiger partial charge in [0.05, 0.1) is 6.04 Å². The molecule has 1 unspecified atom stereocenters. The van der Waals surface area contributed by atoms with Crippen molar-refractivity contribution in [3.63, 3.8) is 0 Å². The van der Waals surface area contributed by atoms with Crippen LogP contribution in [0, 0.1) is 5.92 Å². The number of benzene rings is 1. The zero-order valence-corrected chi connectivity index (χ0v) is 12.1. The lowest BCUT2D eigenvalue weighted by molar-refractivity contribution is 0.325. The molecule has 5 nitrogen and oxygen atoms in total. The monoisotopic (exact) mass is 272 g/mol. The minimum atomic E-state index is -0.211. The van der Waals surface area contributed by atoms with E-state index in [4.69, 9.17) is 10.3 Å². The smallest absolute Gasteiger partial charge is 0.244 e. The van der Waals surface area contributed by atoms with E-state index in [2.05, 4.69) is 34.2 Å².